The molecule has 1 heterocycles. The van der Waals surface area contributed by atoms with Gasteiger partial charge >= 0.3 is 5.97 Å². The van der Waals surface area contributed by atoms with Gasteiger partial charge in [0.05, 0.1) is 13.2 Å². The molecule has 0 aliphatic carbocycles. The largest absolute Gasteiger partial charge is 0.481 e. The van der Waals surface area contributed by atoms with Gasteiger partial charge in [-0.3, -0.25) is 4.79 Å². The van der Waals surface area contributed by atoms with Gasteiger partial charge in [0.1, 0.15) is 18.2 Å². The number of carbonyl (C=O) groups excluding carboxylic acids is 1. The van der Waals surface area contributed by atoms with E-state index in [-0.39, 0.29) is 12.2 Å². The maximum Gasteiger partial charge on any atom is 0.348 e. The maximum atomic E-state index is 12.1. The number of carboxylic acid groups (broad SMARTS) is 1. The summed E-state index contributed by atoms with van der Waals surface area (Å²) in [6, 6.07) is 9.74. The van der Waals surface area contributed by atoms with Gasteiger partial charge in [-0.05, 0) is 37.6 Å². The van der Waals surface area contributed by atoms with Gasteiger partial charge in [-0.25, -0.2) is 4.79 Å². The molecule has 0 bridgehead atoms. The van der Waals surface area contributed by atoms with Crippen LogP contribution in [-0.2, 0) is 14.3 Å². The van der Waals surface area contributed by atoms with E-state index in [0.717, 1.165) is 37.9 Å². The Bertz CT molecular complexity index is 788. The molecule has 30 heavy (non-hydrogen) atoms. The van der Waals surface area contributed by atoms with Crippen molar-refractivity contribution in [2.45, 2.75) is 20.8 Å². The Morgan fingerprint density at radius 2 is 1.83 bits per heavy atom. The Morgan fingerprint density at radius 3 is 2.30 bits per heavy atom. The van der Waals surface area contributed by atoms with Crippen molar-refractivity contribution in [3.05, 3.63) is 47.8 Å². The molecule has 8 heteroatoms. The van der Waals surface area contributed by atoms with Crippen molar-refractivity contribution in [2.24, 2.45) is 0 Å². The van der Waals surface area contributed by atoms with Crippen LogP contribution in [0.25, 0.3) is 6.08 Å². The first-order valence-corrected chi connectivity index (χ1v) is 9.76. The number of nitriles is 1. The van der Waals surface area contributed by atoms with E-state index in [1.54, 1.807) is 6.08 Å². The minimum atomic E-state index is -0.833. The molecule has 0 amide bonds. The molecule has 0 saturated carbocycles. The standard InChI is InChI=1S/C20H26N4O2.C2H4O2/c1-4-24(5-2)19-8-6-17(7-9-19)14-18(15-21)20(25)26-13-12-23-11-10-22(3)16-23;1-2(3)4/h6-11,14H,4-5,12-13,16H2,1-3H3;1H3,(H,3,4). The zero-order valence-corrected chi connectivity index (χ0v) is 18.0. The van der Waals surface area contributed by atoms with Crippen LogP contribution in [0.15, 0.2) is 42.2 Å². The van der Waals surface area contributed by atoms with Crippen LogP contribution in [-0.4, -0.2) is 66.8 Å². The van der Waals surface area contributed by atoms with Gasteiger partial charge in [0.25, 0.3) is 5.97 Å². The normalized spacial score (nSPS) is 12.7. The molecule has 1 aliphatic rings. The molecule has 1 N–H and O–H groups in total. The molecular formula is C22H30N4O4. The smallest absolute Gasteiger partial charge is 0.348 e. The second-order valence-corrected chi connectivity index (χ2v) is 6.60. The minimum Gasteiger partial charge on any atom is -0.481 e. The van der Waals surface area contributed by atoms with Gasteiger partial charge in [0.15, 0.2) is 0 Å². The van der Waals surface area contributed by atoms with Crippen LogP contribution in [0.4, 0.5) is 5.69 Å². The highest BCUT2D eigenvalue weighted by Crippen LogP contribution is 2.17. The van der Waals surface area contributed by atoms with Crippen LogP contribution in [0.5, 0.6) is 0 Å². The van der Waals surface area contributed by atoms with Crippen molar-refractivity contribution in [3.8, 4) is 6.07 Å². The summed E-state index contributed by atoms with van der Waals surface area (Å²) in [6.07, 6.45) is 5.48. The highest BCUT2D eigenvalue weighted by atomic mass is 16.5. The topological polar surface area (TPSA) is 97.1 Å². The van der Waals surface area contributed by atoms with Crippen LogP contribution >= 0.6 is 0 Å². The van der Waals surface area contributed by atoms with Crippen molar-refractivity contribution in [3.63, 3.8) is 0 Å². The average Bonchev–Trinajstić information content (AvgIpc) is 3.12. The molecule has 0 aromatic heterocycles. The van der Waals surface area contributed by atoms with Crippen molar-refractivity contribution >= 4 is 23.7 Å². The molecule has 0 atom stereocenters. The second-order valence-electron chi connectivity index (χ2n) is 6.60. The second kappa shape index (κ2) is 12.9. The molecule has 1 aromatic rings. The third-order valence-electron chi connectivity index (χ3n) is 4.22. The third-order valence-corrected chi connectivity index (χ3v) is 4.22. The maximum absolute atomic E-state index is 12.1. The van der Waals surface area contributed by atoms with Crippen molar-refractivity contribution < 1.29 is 19.4 Å². The number of benzene rings is 1. The molecule has 1 aromatic carbocycles. The Hall–Kier alpha value is -3.47. The summed E-state index contributed by atoms with van der Waals surface area (Å²) < 4.78 is 5.23. The molecule has 162 valence electrons. The Kier molecular flexibility index (Phi) is 10.6. The number of hydrogen-bond acceptors (Lipinski definition) is 7. The summed E-state index contributed by atoms with van der Waals surface area (Å²) in [5.41, 5.74) is 1.94. The van der Waals surface area contributed by atoms with Crippen LogP contribution in [0.3, 0.4) is 0 Å². The van der Waals surface area contributed by atoms with Gasteiger partial charge < -0.3 is 24.5 Å². The lowest BCUT2D eigenvalue weighted by Crippen LogP contribution is -2.26. The lowest BCUT2D eigenvalue weighted by atomic mass is 10.1. The van der Waals surface area contributed by atoms with Crippen molar-refractivity contribution in [2.75, 3.05) is 44.9 Å². The monoisotopic (exact) mass is 414 g/mol. The fourth-order valence-corrected chi connectivity index (χ4v) is 2.74. The number of aliphatic carboxylic acids is 1. The summed E-state index contributed by atoms with van der Waals surface area (Å²) in [4.78, 5) is 27.4. The van der Waals surface area contributed by atoms with Crippen molar-refractivity contribution in [1.82, 2.24) is 9.80 Å². The molecule has 0 saturated heterocycles. The zero-order chi connectivity index (χ0) is 22.5. The predicted octanol–water partition coefficient (Wildman–Crippen LogP) is 2.75. The van der Waals surface area contributed by atoms with Crippen molar-refractivity contribution in [1.29, 1.82) is 5.26 Å². The number of esters is 1. The number of hydrogen-bond donors (Lipinski definition) is 1. The number of carboxylic acids is 1. The molecular weight excluding hydrogens is 384 g/mol. The fourth-order valence-electron chi connectivity index (χ4n) is 2.74. The SMILES string of the molecule is CC(=O)O.CCN(CC)c1ccc(C=C(C#N)C(=O)OCCN2C=CN(C)C2)cc1. The van der Waals surface area contributed by atoms with Gasteiger partial charge in [0.2, 0.25) is 0 Å². The summed E-state index contributed by atoms with van der Waals surface area (Å²) in [5.74, 6) is -1.42. The average molecular weight is 415 g/mol. The molecule has 8 nitrogen and oxygen atoms in total. The number of rotatable bonds is 8. The first-order valence-electron chi connectivity index (χ1n) is 9.76. The predicted molar refractivity (Wildman–Crippen MR) is 116 cm³/mol. The lowest BCUT2D eigenvalue weighted by molar-refractivity contribution is -0.138. The van der Waals surface area contributed by atoms with E-state index in [9.17, 15) is 10.1 Å². The molecule has 0 fully saturated rings. The Labute approximate surface area is 178 Å². The number of ether oxygens (including phenoxy) is 1. The molecule has 0 spiro atoms. The molecule has 0 unspecified atom stereocenters. The van der Waals surface area contributed by atoms with E-state index in [1.165, 1.54) is 0 Å². The van der Waals surface area contributed by atoms with Crippen LogP contribution < -0.4 is 4.90 Å². The van der Waals surface area contributed by atoms with E-state index >= 15 is 0 Å². The summed E-state index contributed by atoms with van der Waals surface area (Å²) >= 11 is 0. The Balaban J connectivity index is 0.00000103. The third kappa shape index (κ3) is 8.69. The lowest BCUT2D eigenvalue weighted by Gasteiger charge is -2.20. The van der Waals surface area contributed by atoms with Crippen LogP contribution in [0, 0.1) is 11.3 Å². The first kappa shape index (κ1) is 24.6. The summed E-state index contributed by atoms with van der Waals surface area (Å²) in [7, 11) is 1.98. The summed E-state index contributed by atoms with van der Waals surface area (Å²) in [5, 5.41) is 16.7. The number of nitrogens with zero attached hydrogens (tertiary/aromatic N) is 4. The highest BCUT2D eigenvalue weighted by Gasteiger charge is 2.13. The van der Waals surface area contributed by atoms with E-state index in [1.807, 2.05) is 59.6 Å². The molecule has 2 rings (SSSR count). The first-order chi connectivity index (χ1) is 14.3. The van der Waals surface area contributed by atoms with E-state index in [0.29, 0.717) is 6.54 Å². The van der Waals surface area contributed by atoms with Gasteiger partial charge in [-0.1, -0.05) is 12.1 Å². The molecule has 1 aliphatic heterocycles. The molecule has 0 radical (unpaired) electrons. The van der Waals surface area contributed by atoms with E-state index in [2.05, 4.69) is 18.7 Å². The Morgan fingerprint density at radius 1 is 1.23 bits per heavy atom. The van der Waals surface area contributed by atoms with Crippen LogP contribution in [0.1, 0.15) is 26.3 Å². The highest BCUT2D eigenvalue weighted by molar-refractivity contribution is 5.97. The van der Waals surface area contributed by atoms with Crippen LogP contribution in [0.2, 0.25) is 0 Å². The van der Waals surface area contributed by atoms with Gasteiger partial charge in [-0.2, -0.15) is 5.26 Å². The number of carbonyl (C=O) groups is 2. The summed E-state index contributed by atoms with van der Waals surface area (Å²) in [6.45, 7) is 8.79. The van der Waals surface area contributed by atoms with Gasteiger partial charge in [0, 0.05) is 45.1 Å². The number of anilines is 1. The zero-order valence-electron chi connectivity index (χ0n) is 18.0. The quantitative estimate of drug-likeness (QED) is 0.394. The minimum absolute atomic E-state index is 0.00895. The van der Waals surface area contributed by atoms with E-state index < -0.39 is 11.9 Å². The van der Waals surface area contributed by atoms with E-state index in [4.69, 9.17) is 14.6 Å². The van der Waals surface area contributed by atoms with Gasteiger partial charge in [-0.15, -0.1) is 0 Å². The fraction of sp³-hybridized carbons (Fsp3) is 0.409.